The van der Waals surface area contributed by atoms with Gasteiger partial charge >= 0.3 is 6.01 Å². The molecule has 1 unspecified atom stereocenters. The zero-order valence-corrected chi connectivity index (χ0v) is 28.7. The maximum Gasteiger partial charge on any atom is 0.318 e. The molecule has 0 N–H and O–H groups in total. The Labute approximate surface area is 289 Å². The molecule has 0 radical (unpaired) electrons. The van der Waals surface area contributed by atoms with Crippen molar-refractivity contribution in [2.75, 3.05) is 84.1 Å². The predicted octanol–water partition coefficient (Wildman–Crippen LogP) is 4.05. The highest BCUT2D eigenvalue weighted by Gasteiger charge is 2.36. The summed E-state index contributed by atoms with van der Waals surface area (Å²) in [4.78, 5) is 35.8. The van der Waals surface area contributed by atoms with Crippen molar-refractivity contribution in [3.63, 3.8) is 0 Å². The SMILES string of the molecule is [C-]#[N+]C[C@H]1CN(c2nc(OC[C@@H]3CCCN3C)nc3c2COC(c2cccc4cccc(C)c24)C3)CCN1C(=O)/C=C/CN1CCOCC1. The highest BCUT2D eigenvalue weighted by Crippen LogP contribution is 2.38. The molecule has 258 valence electrons. The molecule has 3 aromatic rings. The standard InChI is InChI=1S/C38H47N7O4/c1-27-8-4-9-28-10-5-12-31(36(27)28)34-22-33-32(26-48-34)37(41-38(40-33)49-25-29-11-6-14-42(29)3)44-16-17-45(30(24-44)23-39-2)35(46)13-7-15-43-18-20-47-21-19-43/h4-5,7-10,12-13,29-30,34H,6,11,14-26H2,1,3H3/b13-7+/t29-,30-,34?/m0/s1. The van der Waals surface area contributed by atoms with E-state index < -0.39 is 0 Å². The molecule has 0 aliphatic carbocycles. The highest BCUT2D eigenvalue weighted by atomic mass is 16.5. The Morgan fingerprint density at radius 3 is 2.71 bits per heavy atom. The molecule has 5 heterocycles. The third-order valence-electron chi connectivity index (χ3n) is 10.5. The van der Waals surface area contributed by atoms with Gasteiger partial charge in [0.1, 0.15) is 18.5 Å². The number of morpholine rings is 1. The van der Waals surface area contributed by atoms with E-state index in [-0.39, 0.29) is 24.6 Å². The number of likely N-dealkylation sites (N-methyl/N-ethyl adjacent to an activating group) is 1. The first-order valence-corrected chi connectivity index (χ1v) is 17.7. The fourth-order valence-corrected chi connectivity index (χ4v) is 7.73. The van der Waals surface area contributed by atoms with Crippen LogP contribution in [0.3, 0.4) is 0 Å². The number of likely N-dealkylation sites (tertiary alicyclic amines) is 1. The minimum Gasteiger partial charge on any atom is -0.462 e. The van der Waals surface area contributed by atoms with E-state index in [1.165, 1.54) is 21.9 Å². The molecule has 4 aliphatic heterocycles. The van der Waals surface area contributed by atoms with E-state index in [0.29, 0.717) is 57.9 Å². The van der Waals surface area contributed by atoms with Crippen molar-refractivity contribution in [2.45, 2.75) is 51.0 Å². The summed E-state index contributed by atoms with van der Waals surface area (Å²) in [7, 11) is 2.14. The summed E-state index contributed by atoms with van der Waals surface area (Å²) in [5, 5.41) is 2.43. The van der Waals surface area contributed by atoms with Crippen molar-refractivity contribution in [3.8, 4) is 6.01 Å². The average molecular weight is 666 g/mol. The van der Waals surface area contributed by atoms with E-state index in [1.807, 2.05) is 11.0 Å². The Bertz CT molecular complexity index is 1710. The van der Waals surface area contributed by atoms with Crippen LogP contribution >= 0.6 is 0 Å². The summed E-state index contributed by atoms with van der Waals surface area (Å²) in [5.74, 6) is 0.741. The Hall–Kier alpha value is -4.08. The van der Waals surface area contributed by atoms with Crippen molar-refractivity contribution in [1.82, 2.24) is 24.7 Å². The second kappa shape index (κ2) is 15.2. The van der Waals surface area contributed by atoms with Crippen molar-refractivity contribution in [1.29, 1.82) is 0 Å². The summed E-state index contributed by atoms with van der Waals surface area (Å²) in [6.07, 6.45) is 6.33. The highest BCUT2D eigenvalue weighted by molar-refractivity contribution is 5.89. The third kappa shape index (κ3) is 7.43. The fourth-order valence-electron chi connectivity index (χ4n) is 7.73. The number of aryl methyl sites for hydroxylation is 1. The number of carbonyl (C=O) groups is 1. The van der Waals surface area contributed by atoms with Gasteiger partial charge < -0.3 is 33.8 Å². The first-order valence-electron chi connectivity index (χ1n) is 17.7. The molecule has 0 saturated carbocycles. The van der Waals surface area contributed by atoms with Gasteiger partial charge in [-0.1, -0.05) is 42.5 Å². The number of fused-ring (bicyclic) bond motifs is 2. The van der Waals surface area contributed by atoms with E-state index in [2.05, 4.69) is 69.9 Å². The lowest BCUT2D eigenvalue weighted by Crippen LogP contribution is -2.56. The van der Waals surface area contributed by atoms with Crippen molar-refractivity contribution < 1.29 is 19.0 Å². The number of nitrogens with zero attached hydrogens (tertiary/aromatic N) is 7. The Morgan fingerprint density at radius 2 is 1.92 bits per heavy atom. The van der Waals surface area contributed by atoms with Crippen LogP contribution in [-0.2, 0) is 27.3 Å². The molecule has 1 amide bonds. The maximum atomic E-state index is 13.4. The Balaban J connectivity index is 1.14. The molecule has 3 atom stereocenters. The molecule has 49 heavy (non-hydrogen) atoms. The van der Waals surface area contributed by atoms with Crippen LogP contribution < -0.4 is 9.64 Å². The number of hydrogen-bond acceptors (Lipinski definition) is 9. The quantitative estimate of drug-likeness (QED) is 0.248. The van der Waals surface area contributed by atoms with Crippen LogP contribution in [0.5, 0.6) is 6.01 Å². The first kappa shape index (κ1) is 33.4. The van der Waals surface area contributed by atoms with Gasteiger partial charge in [-0.05, 0) is 55.3 Å². The monoisotopic (exact) mass is 665 g/mol. The Morgan fingerprint density at radius 1 is 1.08 bits per heavy atom. The van der Waals surface area contributed by atoms with E-state index in [1.54, 1.807) is 6.08 Å². The smallest absolute Gasteiger partial charge is 0.318 e. The maximum absolute atomic E-state index is 13.4. The normalized spacial score (nSPS) is 23.6. The van der Waals surface area contributed by atoms with Crippen molar-refractivity contribution >= 4 is 22.5 Å². The van der Waals surface area contributed by atoms with Gasteiger partial charge in [-0.15, -0.1) is 0 Å². The number of hydrogen-bond donors (Lipinski definition) is 0. The van der Waals surface area contributed by atoms with E-state index in [0.717, 1.165) is 62.8 Å². The van der Waals surface area contributed by atoms with Gasteiger partial charge in [0.2, 0.25) is 12.5 Å². The summed E-state index contributed by atoms with van der Waals surface area (Å²) in [6.45, 7) is 17.6. The van der Waals surface area contributed by atoms with Crippen LogP contribution in [0.25, 0.3) is 15.6 Å². The molecule has 0 bridgehead atoms. The van der Waals surface area contributed by atoms with Crippen LogP contribution in [0.4, 0.5) is 5.82 Å². The summed E-state index contributed by atoms with van der Waals surface area (Å²) >= 11 is 0. The molecule has 0 spiro atoms. The molecule has 1 aromatic heterocycles. The zero-order chi connectivity index (χ0) is 33.7. The molecular formula is C38H47N7O4. The van der Waals surface area contributed by atoms with E-state index in [9.17, 15) is 4.79 Å². The molecule has 7 rings (SSSR count). The van der Waals surface area contributed by atoms with Crippen LogP contribution in [0, 0.1) is 13.5 Å². The second-order valence-corrected chi connectivity index (χ2v) is 13.7. The van der Waals surface area contributed by atoms with E-state index >= 15 is 0 Å². The van der Waals surface area contributed by atoms with Crippen LogP contribution in [0.2, 0.25) is 0 Å². The van der Waals surface area contributed by atoms with Gasteiger partial charge in [0.05, 0.1) is 31.6 Å². The lowest BCUT2D eigenvalue weighted by atomic mass is 9.92. The number of rotatable bonds is 9. The van der Waals surface area contributed by atoms with Gasteiger partial charge in [-0.3, -0.25) is 9.69 Å². The molecular weight excluding hydrogens is 618 g/mol. The van der Waals surface area contributed by atoms with E-state index in [4.69, 9.17) is 30.8 Å². The zero-order valence-electron chi connectivity index (χ0n) is 28.7. The summed E-state index contributed by atoms with van der Waals surface area (Å²) in [5.41, 5.74) is 4.30. The number of piperazine rings is 1. The largest absolute Gasteiger partial charge is 0.462 e. The van der Waals surface area contributed by atoms with Gasteiger partial charge in [0, 0.05) is 63.4 Å². The number of amides is 1. The molecule has 4 aliphatic rings. The predicted molar refractivity (Wildman–Crippen MR) is 189 cm³/mol. The molecule has 2 aromatic carbocycles. The van der Waals surface area contributed by atoms with Crippen LogP contribution in [-0.4, -0.2) is 122 Å². The fraction of sp³-hybridized carbons (Fsp3) is 0.526. The van der Waals surface area contributed by atoms with Gasteiger partial charge in [-0.2, -0.15) is 9.97 Å². The minimum atomic E-state index is -0.259. The summed E-state index contributed by atoms with van der Waals surface area (Å²) < 4.78 is 18.4. The Kier molecular flexibility index (Phi) is 10.4. The molecule has 3 fully saturated rings. The average Bonchev–Trinajstić information content (AvgIpc) is 3.54. The number of benzene rings is 2. The molecule has 3 saturated heterocycles. The first-order chi connectivity index (χ1) is 24.0. The van der Waals surface area contributed by atoms with Crippen LogP contribution in [0.15, 0.2) is 48.6 Å². The lowest BCUT2D eigenvalue weighted by molar-refractivity contribution is -0.128. The van der Waals surface area contributed by atoms with Gasteiger partial charge in [0.25, 0.3) is 0 Å². The minimum absolute atomic E-state index is 0.0486. The number of aromatic nitrogens is 2. The van der Waals surface area contributed by atoms with Gasteiger partial charge in [-0.25, -0.2) is 6.57 Å². The summed E-state index contributed by atoms with van der Waals surface area (Å²) in [6, 6.07) is 13.3. The van der Waals surface area contributed by atoms with Crippen LogP contribution in [0.1, 0.15) is 41.3 Å². The lowest BCUT2D eigenvalue weighted by Gasteiger charge is -2.40. The molecule has 11 nitrogen and oxygen atoms in total. The topological polar surface area (TPSA) is 87.9 Å². The second-order valence-electron chi connectivity index (χ2n) is 13.7. The third-order valence-corrected chi connectivity index (χ3v) is 10.5. The number of anilines is 1. The van der Waals surface area contributed by atoms with Crippen molar-refractivity contribution in [2.24, 2.45) is 0 Å². The number of ether oxygens (including phenoxy) is 3. The van der Waals surface area contributed by atoms with Crippen molar-refractivity contribution in [3.05, 3.63) is 82.4 Å². The number of carbonyl (C=O) groups excluding carboxylic acids is 1. The molecule has 11 heteroatoms. The van der Waals surface area contributed by atoms with Gasteiger partial charge in [0.15, 0.2) is 0 Å².